The van der Waals surface area contributed by atoms with Crippen LogP contribution in [0.1, 0.15) is 113 Å². The fourth-order valence-corrected chi connectivity index (χ4v) is 9.59. The van der Waals surface area contributed by atoms with Crippen molar-refractivity contribution >= 4 is 5.78 Å². The first-order valence-corrected chi connectivity index (χ1v) is 13.4. The normalized spacial score (nSPS) is 52.5. The number of carbonyl (C=O) groups is 1. The van der Waals surface area contributed by atoms with Gasteiger partial charge in [-0.1, -0.05) is 66.5 Å². The van der Waals surface area contributed by atoms with Crippen LogP contribution in [-0.2, 0) is 4.79 Å². The Kier molecular flexibility index (Phi) is 5.85. The number of carbonyl (C=O) groups excluding carboxylic acids is 1. The molecule has 5 aliphatic carbocycles. The molecule has 5 aliphatic rings. The van der Waals surface area contributed by atoms with E-state index in [1.54, 1.807) is 0 Å². The first-order valence-electron chi connectivity index (χ1n) is 13.4. The molecule has 30 heavy (non-hydrogen) atoms. The second-order valence-corrected chi connectivity index (χ2v) is 12.4. The highest BCUT2D eigenvalue weighted by Gasteiger charge is 2.65. The summed E-state index contributed by atoms with van der Waals surface area (Å²) in [6.07, 6.45) is 15.9. The summed E-state index contributed by atoms with van der Waals surface area (Å²) in [5, 5.41) is 0. The van der Waals surface area contributed by atoms with Crippen LogP contribution in [0, 0.1) is 51.8 Å². The minimum absolute atomic E-state index is 0.288. The summed E-state index contributed by atoms with van der Waals surface area (Å²) in [5.74, 6) is 4.97. The maximum atomic E-state index is 12.5. The second-order valence-electron chi connectivity index (χ2n) is 12.4. The molecule has 1 nitrogen and oxygen atoms in total. The van der Waals surface area contributed by atoms with Crippen LogP contribution < -0.4 is 0 Å². The van der Waals surface area contributed by atoms with Gasteiger partial charge < -0.3 is 0 Å². The van der Waals surface area contributed by atoms with E-state index < -0.39 is 0 Å². The Morgan fingerprint density at radius 2 is 1.67 bits per heavy atom. The molecular formula is C29H48O. The number of hydrogen-bond acceptors (Lipinski definition) is 1. The van der Waals surface area contributed by atoms with E-state index >= 15 is 0 Å². The predicted molar refractivity (Wildman–Crippen MR) is 127 cm³/mol. The van der Waals surface area contributed by atoms with Gasteiger partial charge in [-0.3, -0.25) is 4.79 Å². The smallest absolute Gasteiger partial charge is 0.136 e. The number of ketones is 1. The molecule has 0 spiro atoms. The molecule has 9 atom stereocenters. The van der Waals surface area contributed by atoms with Gasteiger partial charge in [0.1, 0.15) is 5.78 Å². The van der Waals surface area contributed by atoms with Gasteiger partial charge in [0.05, 0.1) is 0 Å². The third kappa shape index (κ3) is 2.96. The minimum atomic E-state index is 0.288. The van der Waals surface area contributed by atoms with Crippen molar-refractivity contribution in [1.82, 2.24) is 0 Å². The van der Waals surface area contributed by atoms with Gasteiger partial charge in [0.15, 0.2) is 0 Å². The Bertz CT molecular complexity index is 705. The van der Waals surface area contributed by atoms with E-state index in [4.69, 9.17) is 0 Å². The Morgan fingerprint density at radius 3 is 2.40 bits per heavy atom. The minimum Gasteiger partial charge on any atom is -0.299 e. The number of Topliss-reactive ketones (excluding diaryl/α,β-unsaturated/α-hetero) is 1. The molecule has 4 saturated carbocycles. The molecule has 0 saturated heterocycles. The third-order valence-electron chi connectivity index (χ3n) is 11.5. The number of hydrogen-bond donors (Lipinski definition) is 0. The fraction of sp³-hybridized carbons (Fsp3) is 0.897. The lowest BCUT2D eigenvalue weighted by molar-refractivity contribution is -0.166. The van der Waals surface area contributed by atoms with Crippen molar-refractivity contribution in [2.24, 2.45) is 51.8 Å². The number of fused-ring (bicyclic) bond motifs is 7. The van der Waals surface area contributed by atoms with Crippen LogP contribution in [-0.4, -0.2) is 5.78 Å². The second kappa shape index (κ2) is 7.77. The van der Waals surface area contributed by atoms with Gasteiger partial charge in [-0.2, -0.15) is 0 Å². The lowest BCUT2D eigenvalue weighted by atomic mass is 9.36. The molecule has 0 aromatic rings. The summed E-state index contributed by atoms with van der Waals surface area (Å²) >= 11 is 0. The van der Waals surface area contributed by atoms with Crippen molar-refractivity contribution in [3.63, 3.8) is 0 Å². The van der Waals surface area contributed by atoms with Gasteiger partial charge in [0.2, 0.25) is 0 Å². The Balaban J connectivity index is 0.00000106. The van der Waals surface area contributed by atoms with Crippen molar-refractivity contribution < 1.29 is 4.79 Å². The molecule has 4 fully saturated rings. The Morgan fingerprint density at radius 1 is 0.933 bits per heavy atom. The first kappa shape index (κ1) is 22.6. The summed E-state index contributed by atoms with van der Waals surface area (Å²) < 4.78 is 0. The predicted octanol–water partition coefficient (Wildman–Crippen LogP) is 8.23. The van der Waals surface area contributed by atoms with Crippen molar-refractivity contribution in [3.05, 3.63) is 11.6 Å². The van der Waals surface area contributed by atoms with Gasteiger partial charge >= 0.3 is 0 Å². The molecule has 0 bridgehead atoms. The van der Waals surface area contributed by atoms with Crippen LogP contribution in [0.2, 0.25) is 0 Å². The van der Waals surface area contributed by atoms with Crippen LogP contribution in [0.15, 0.2) is 11.6 Å². The summed E-state index contributed by atoms with van der Waals surface area (Å²) in [6.45, 7) is 16.7. The number of rotatable bonds is 0. The summed E-state index contributed by atoms with van der Waals surface area (Å²) in [5.41, 5.74) is 3.07. The Labute approximate surface area is 186 Å². The van der Waals surface area contributed by atoms with Crippen molar-refractivity contribution in [2.45, 2.75) is 113 Å². The van der Waals surface area contributed by atoms with Crippen LogP contribution in [0.3, 0.4) is 0 Å². The quantitative estimate of drug-likeness (QED) is 0.366. The van der Waals surface area contributed by atoms with Crippen LogP contribution in [0.5, 0.6) is 0 Å². The van der Waals surface area contributed by atoms with Crippen molar-refractivity contribution in [3.8, 4) is 0 Å². The van der Waals surface area contributed by atoms with Gasteiger partial charge in [-0.25, -0.2) is 0 Å². The molecule has 0 amide bonds. The van der Waals surface area contributed by atoms with E-state index in [-0.39, 0.29) is 5.92 Å². The van der Waals surface area contributed by atoms with Gasteiger partial charge in [0, 0.05) is 12.3 Å². The van der Waals surface area contributed by atoms with Crippen LogP contribution in [0.4, 0.5) is 0 Å². The van der Waals surface area contributed by atoms with E-state index in [0.717, 1.165) is 36.5 Å². The SMILES string of the molecule is CC.CC1CCC2CCC3(C)C(=CCC4C5(C)CCC(=O)C(C)C5CCC43C)C2C1. The standard InChI is InChI=1S/C27H42O.C2H6/c1-17-6-7-19-10-14-26(4)22(20(19)16-17)8-9-24-25(3)13-12-23(28)18(2)21(25)11-15-27(24,26)5;1-2/h8,17-21,24H,6-7,9-16H2,1-5H3;1-2H3. The Hall–Kier alpha value is -0.590. The molecule has 0 aromatic carbocycles. The topological polar surface area (TPSA) is 17.1 Å². The highest BCUT2D eigenvalue weighted by molar-refractivity contribution is 5.82. The summed E-state index contributed by atoms with van der Waals surface area (Å²) in [6, 6.07) is 0. The fourth-order valence-electron chi connectivity index (χ4n) is 9.59. The third-order valence-corrected chi connectivity index (χ3v) is 11.5. The lowest BCUT2D eigenvalue weighted by Gasteiger charge is -2.68. The molecule has 5 rings (SSSR count). The average Bonchev–Trinajstić information content (AvgIpc) is 2.73. The summed E-state index contributed by atoms with van der Waals surface area (Å²) in [4.78, 5) is 12.5. The molecule has 0 aromatic heterocycles. The highest BCUT2D eigenvalue weighted by Crippen LogP contribution is 2.72. The van der Waals surface area contributed by atoms with E-state index in [1.807, 2.05) is 19.4 Å². The molecule has 0 aliphatic heterocycles. The lowest BCUT2D eigenvalue weighted by Crippen LogP contribution is -2.61. The molecule has 170 valence electrons. The molecular weight excluding hydrogens is 364 g/mol. The maximum absolute atomic E-state index is 12.5. The van der Waals surface area contributed by atoms with E-state index in [9.17, 15) is 4.79 Å². The molecule has 1 heteroatoms. The molecule has 0 radical (unpaired) electrons. The van der Waals surface area contributed by atoms with Gasteiger partial charge in [0.25, 0.3) is 0 Å². The molecule has 9 unspecified atom stereocenters. The molecule has 0 N–H and O–H groups in total. The monoisotopic (exact) mass is 412 g/mol. The molecule has 0 heterocycles. The van der Waals surface area contributed by atoms with E-state index in [0.29, 0.717) is 27.9 Å². The summed E-state index contributed by atoms with van der Waals surface area (Å²) in [7, 11) is 0. The maximum Gasteiger partial charge on any atom is 0.136 e. The van der Waals surface area contributed by atoms with E-state index in [2.05, 4.69) is 40.7 Å². The average molecular weight is 413 g/mol. The van der Waals surface area contributed by atoms with E-state index in [1.165, 1.54) is 51.4 Å². The zero-order chi connectivity index (χ0) is 21.9. The zero-order valence-electron chi connectivity index (χ0n) is 21.0. The van der Waals surface area contributed by atoms with Crippen molar-refractivity contribution in [1.29, 1.82) is 0 Å². The van der Waals surface area contributed by atoms with Crippen molar-refractivity contribution in [2.75, 3.05) is 0 Å². The largest absolute Gasteiger partial charge is 0.299 e. The van der Waals surface area contributed by atoms with Crippen LogP contribution >= 0.6 is 0 Å². The van der Waals surface area contributed by atoms with Crippen LogP contribution in [0.25, 0.3) is 0 Å². The van der Waals surface area contributed by atoms with Gasteiger partial charge in [-0.05, 0) is 97.2 Å². The first-order chi connectivity index (χ1) is 14.2. The van der Waals surface area contributed by atoms with Gasteiger partial charge in [-0.15, -0.1) is 0 Å². The highest BCUT2D eigenvalue weighted by atomic mass is 16.1. The number of allylic oxidation sites excluding steroid dienone is 2. The zero-order valence-corrected chi connectivity index (χ0v) is 21.0.